The van der Waals surface area contributed by atoms with E-state index in [9.17, 15) is 19.8 Å². The summed E-state index contributed by atoms with van der Waals surface area (Å²) in [6.45, 7) is 0. The summed E-state index contributed by atoms with van der Waals surface area (Å²) in [5.74, 6) is -2.28. The van der Waals surface area contributed by atoms with Crippen LogP contribution in [0.2, 0.25) is 0 Å². The van der Waals surface area contributed by atoms with Crippen molar-refractivity contribution in [2.75, 3.05) is 0 Å². The van der Waals surface area contributed by atoms with Gasteiger partial charge in [0, 0.05) is 11.9 Å². The number of rotatable bonds is 7. The van der Waals surface area contributed by atoms with Gasteiger partial charge in [-0.2, -0.15) is 0 Å². The second kappa shape index (κ2) is 11.7. The van der Waals surface area contributed by atoms with Crippen molar-refractivity contribution in [1.29, 1.82) is 0 Å². The molecule has 0 saturated heterocycles. The quantitative estimate of drug-likeness (QED) is 0.445. The van der Waals surface area contributed by atoms with Crippen molar-refractivity contribution < 1.29 is 19.8 Å². The van der Waals surface area contributed by atoms with Gasteiger partial charge >= 0.3 is 89.0 Å². The summed E-state index contributed by atoms with van der Waals surface area (Å²) in [5.41, 5.74) is 0. The predicted octanol–water partition coefficient (Wildman–Crippen LogP) is -0.612. The topological polar surface area (TPSA) is 80.3 Å². The third kappa shape index (κ3) is 10.5. The molecule has 0 bridgehead atoms. The molecule has 2 aromatic rings. The van der Waals surface area contributed by atoms with E-state index in [1.54, 1.807) is 0 Å². The number of benzene rings is 2. The summed E-state index contributed by atoms with van der Waals surface area (Å²) in [6.07, 6.45) is 0.535. The van der Waals surface area contributed by atoms with Gasteiger partial charge in [0.25, 0.3) is 0 Å². The van der Waals surface area contributed by atoms with Gasteiger partial charge in [0.15, 0.2) is 0 Å². The minimum absolute atomic E-state index is 0.0761. The Morgan fingerprint density at radius 3 is 1.35 bits per heavy atom. The molecule has 2 rings (SSSR count). The van der Waals surface area contributed by atoms with E-state index in [4.69, 9.17) is 0 Å². The van der Waals surface area contributed by atoms with Crippen LogP contribution in [-0.2, 0) is 9.59 Å². The second-order valence-electron chi connectivity index (χ2n) is 4.81. The van der Waals surface area contributed by atoms with E-state index in [-0.39, 0.29) is 12.8 Å². The molecule has 2 aromatic carbocycles. The van der Waals surface area contributed by atoms with E-state index in [0.29, 0.717) is 12.8 Å². The Hall–Kier alpha value is -1.82. The van der Waals surface area contributed by atoms with Gasteiger partial charge in [-0.3, -0.25) is 0 Å². The van der Waals surface area contributed by atoms with Crippen molar-refractivity contribution in [3.05, 3.63) is 60.7 Å². The van der Waals surface area contributed by atoms with Crippen molar-refractivity contribution in [3.63, 3.8) is 0 Å². The monoisotopic (exact) mass is 418 g/mol. The zero-order valence-corrected chi connectivity index (χ0v) is 15.6. The van der Waals surface area contributed by atoms with Crippen LogP contribution < -0.4 is 17.4 Å². The number of unbranched alkanes of at least 4 members (excludes halogenated alkanes) is 1. The van der Waals surface area contributed by atoms with Gasteiger partial charge in [-0.1, -0.05) is 0 Å². The molecule has 0 radical (unpaired) electrons. The molecule has 0 atom stereocenters. The summed E-state index contributed by atoms with van der Waals surface area (Å²) < 4.78 is 3.08. The Balaban J connectivity index is 0.000000241. The number of carbonyl (C=O) groups is 2. The van der Waals surface area contributed by atoms with E-state index in [0.717, 1.165) is 0 Å². The maximum atomic E-state index is 9.77. The molecule has 0 heterocycles. The van der Waals surface area contributed by atoms with Crippen LogP contribution in [0.3, 0.4) is 0 Å². The second-order valence-corrected chi connectivity index (χ2v) is 8.82. The molecule has 118 valence electrons. The predicted molar refractivity (Wildman–Crippen MR) is 86.4 cm³/mol. The molecule has 0 aliphatic carbocycles. The maximum absolute atomic E-state index is 9.77. The van der Waals surface area contributed by atoms with Crippen LogP contribution in [0.5, 0.6) is 0 Å². The van der Waals surface area contributed by atoms with Crippen molar-refractivity contribution in [3.8, 4) is 0 Å². The van der Waals surface area contributed by atoms with Crippen LogP contribution in [0.4, 0.5) is 0 Å². The van der Waals surface area contributed by atoms with Gasteiger partial charge in [-0.15, -0.1) is 0 Å². The molecule has 5 heteroatoms. The molecule has 0 unspecified atom stereocenters. The molecular weight excluding hydrogens is 399 g/mol. The fraction of sp³-hybridized carbons (Fsp3) is 0.222. The van der Waals surface area contributed by atoms with E-state index in [1.165, 1.54) is 7.16 Å². The Bertz CT molecular complexity index is 531. The normalized spacial score (nSPS) is 9.22. The molecule has 0 amide bonds. The SMILES string of the molecule is O=C([O-])CCCCC(=O)[O-].c1cc[c]([Sn+2][c]2ccccc2)cc1. The fourth-order valence-corrected chi connectivity index (χ4v) is 4.75. The number of hydrogen-bond acceptors (Lipinski definition) is 4. The first-order valence-electron chi connectivity index (χ1n) is 7.34. The van der Waals surface area contributed by atoms with Crippen molar-refractivity contribution in [2.45, 2.75) is 25.7 Å². The van der Waals surface area contributed by atoms with Crippen LogP contribution >= 0.6 is 0 Å². The van der Waals surface area contributed by atoms with E-state index >= 15 is 0 Å². The van der Waals surface area contributed by atoms with Crippen molar-refractivity contribution >= 4 is 40.2 Å². The number of carboxylic acids is 2. The molecule has 4 nitrogen and oxygen atoms in total. The van der Waals surface area contributed by atoms with E-state index < -0.39 is 33.1 Å². The first-order chi connectivity index (χ1) is 11.1. The number of carbonyl (C=O) groups excluding carboxylic acids is 2. The van der Waals surface area contributed by atoms with Crippen LogP contribution in [0.1, 0.15) is 25.7 Å². The van der Waals surface area contributed by atoms with Gasteiger partial charge in [-0.05, 0) is 25.7 Å². The van der Waals surface area contributed by atoms with E-state index in [1.807, 2.05) is 0 Å². The molecule has 23 heavy (non-hydrogen) atoms. The zero-order chi connectivity index (χ0) is 16.9. The van der Waals surface area contributed by atoms with E-state index in [2.05, 4.69) is 60.7 Å². The molecule has 0 aromatic heterocycles. The molecule has 0 aliphatic heterocycles. The van der Waals surface area contributed by atoms with Gasteiger partial charge < -0.3 is 19.8 Å². The Labute approximate surface area is 146 Å². The zero-order valence-electron chi connectivity index (χ0n) is 12.7. The molecular formula is C18H18O4Sn. The molecule has 0 saturated carbocycles. The van der Waals surface area contributed by atoms with Crippen LogP contribution in [0.15, 0.2) is 60.7 Å². The number of hydrogen-bond donors (Lipinski definition) is 0. The average Bonchev–Trinajstić information content (AvgIpc) is 2.54. The Kier molecular flexibility index (Phi) is 9.79. The summed E-state index contributed by atoms with van der Waals surface area (Å²) in [6, 6.07) is 21.6. The third-order valence-electron chi connectivity index (χ3n) is 2.85. The third-order valence-corrected chi connectivity index (χ3v) is 6.40. The number of aliphatic carboxylic acids is 2. The summed E-state index contributed by atoms with van der Waals surface area (Å²) in [4.78, 5) is 19.5. The first kappa shape index (κ1) is 19.2. The molecule has 0 N–H and O–H groups in total. The first-order valence-corrected chi connectivity index (χ1v) is 10.2. The van der Waals surface area contributed by atoms with Gasteiger partial charge in [0.05, 0.1) is 0 Å². The minimum atomic E-state index is -1.14. The summed E-state index contributed by atoms with van der Waals surface area (Å²) in [5, 5.41) is 19.5. The van der Waals surface area contributed by atoms with Crippen LogP contribution in [0, 0.1) is 0 Å². The average molecular weight is 417 g/mol. The number of carboxylic acid groups (broad SMARTS) is 2. The van der Waals surface area contributed by atoms with Crippen molar-refractivity contribution in [1.82, 2.24) is 0 Å². The Morgan fingerprint density at radius 2 is 1.04 bits per heavy atom. The van der Waals surface area contributed by atoms with Crippen molar-refractivity contribution in [2.24, 2.45) is 0 Å². The van der Waals surface area contributed by atoms with Gasteiger partial charge in [-0.25, -0.2) is 0 Å². The van der Waals surface area contributed by atoms with Crippen LogP contribution in [0.25, 0.3) is 0 Å². The van der Waals surface area contributed by atoms with Gasteiger partial charge in [0.2, 0.25) is 0 Å². The standard InChI is InChI=1S/C6H10O4.2C6H5.Sn/c7-5(8)3-1-2-4-6(9)10;2*1-2-4-6-5-3-1;/h1-4H2,(H,7,8)(H,9,10);2*1-5H;/q;;;+2/p-2. The molecule has 0 spiro atoms. The van der Waals surface area contributed by atoms with Crippen LogP contribution in [-0.4, -0.2) is 33.1 Å². The summed E-state index contributed by atoms with van der Waals surface area (Å²) >= 11 is -0.517. The Morgan fingerprint density at radius 1 is 0.696 bits per heavy atom. The van der Waals surface area contributed by atoms with Gasteiger partial charge in [0.1, 0.15) is 0 Å². The fourth-order valence-electron chi connectivity index (χ4n) is 1.75. The summed E-state index contributed by atoms with van der Waals surface area (Å²) in [7, 11) is 0. The molecule has 0 aliphatic rings. The molecule has 0 fully saturated rings.